The number of aromatic nitrogens is 1. The molecule has 1 amide bonds. The molecule has 0 bridgehead atoms. The molecule has 0 atom stereocenters. The Balaban J connectivity index is 1.37. The molecule has 2 aliphatic heterocycles. The van der Waals surface area contributed by atoms with E-state index in [2.05, 4.69) is 97.1 Å². The molecule has 3 heterocycles. The van der Waals surface area contributed by atoms with Crippen LogP contribution in [0.1, 0.15) is 60.3 Å². The van der Waals surface area contributed by atoms with Gasteiger partial charge in [0.15, 0.2) is 0 Å². The van der Waals surface area contributed by atoms with Gasteiger partial charge in [0.25, 0.3) is 5.91 Å². The Kier molecular flexibility index (Phi) is 7.77. The van der Waals surface area contributed by atoms with Crippen molar-refractivity contribution in [1.29, 1.82) is 0 Å². The Labute approximate surface area is 271 Å². The number of anilines is 2. The largest absolute Gasteiger partial charge is 0.456 e. The van der Waals surface area contributed by atoms with Gasteiger partial charge < -0.3 is 24.4 Å². The molecule has 234 valence electrons. The fourth-order valence-electron chi connectivity index (χ4n) is 7.42. The zero-order valence-electron chi connectivity index (χ0n) is 27.1. The van der Waals surface area contributed by atoms with Crippen LogP contribution in [0.3, 0.4) is 0 Å². The molecule has 5 aromatic rings. The third-order valence-corrected chi connectivity index (χ3v) is 9.69. The van der Waals surface area contributed by atoms with Crippen molar-refractivity contribution < 1.29 is 9.53 Å². The molecule has 1 spiro atoms. The van der Waals surface area contributed by atoms with Crippen LogP contribution in [0.5, 0.6) is 11.5 Å². The lowest BCUT2D eigenvalue weighted by Crippen LogP contribution is -2.48. The molecule has 0 unspecified atom stereocenters. The second kappa shape index (κ2) is 12.0. The highest BCUT2D eigenvalue weighted by Gasteiger charge is 2.56. The fourth-order valence-corrected chi connectivity index (χ4v) is 7.42. The number of benzene rings is 4. The van der Waals surface area contributed by atoms with Crippen LogP contribution in [0.4, 0.5) is 11.4 Å². The monoisotopic (exact) mass is 611 g/mol. The van der Waals surface area contributed by atoms with Gasteiger partial charge in [-0.2, -0.15) is 0 Å². The number of hydrogen-bond acceptors (Lipinski definition) is 5. The number of ether oxygens (including phenoxy) is 1. The number of fused-ring (bicyclic) bond motifs is 7. The molecule has 0 saturated carbocycles. The van der Waals surface area contributed by atoms with Crippen LogP contribution in [-0.2, 0) is 5.54 Å². The van der Waals surface area contributed by atoms with Crippen molar-refractivity contribution in [2.45, 2.75) is 33.2 Å². The van der Waals surface area contributed by atoms with Crippen LogP contribution in [-0.4, -0.2) is 61.3 Å². The molecule has 0 aliphatic carbocycles. The number of nitrogens with zero attached hydrogens (tertiary/aromatic N) is 4. The zero-order valence-corrected chi connectivity index (χ0v) is 27.1. The average molecular weight is 612 g/mol. The summed E-state index contributed by atoms with van der Waals surface area (Å²) in [5, 5.41) is 1.13. The minimum absolute atomic E-state index is 0.0114. The smallest absolute Gasteiger partial charge is 0.255 e. The topological polar surface area (TPSA) is 64.2 Å². The van der Waals surface area contributed by atoms with Gasteiger partial charge >= 0.3 is 0 Å². The van der Waals surface area contributed by atoms with Gasteiger partial charge in [-0.3, -0.25) is 9.79 Å². The maximum atomic E-state index is 14.4. The van der Waals surface area contributed by atoms with Crippen molar-refractivity contribution in [3.8, 4) is 11.5 Å². The molecule has 7 heteroatoms. The summed E-state index contributed by atoms with van der Waals surface area (Å²) < 4.78 is 6.81. The summed E-state index contributed by atoms with van der Waals surface area (Å²) in [5.41, 5.74) is 7.14. The summed E-state index contributed by atoms with van der Waals surface area (Å²) in [4.78, 5) is 29.3. The molecular weight excluding hydrogens is 570 g/mol. The van der Waals surface area contributed by atoms with E-state index in [9.17, 15) is 4.79 Å². The maximum absolute atomic E-state index is 14.4. The Morgan fingerprint density at radius 2 is 1.39 bits per heavy atom. The van der Waals surface area contributed by atoms with Gasteiger partial charge in [0.1, 0.15) is 17.0 Å². The molecule has 2 aliphatic rings. The number of nitrogens with one attached hydrogen (secondary N) is 1. The minimum Gasteiger partial charge on any atom is -0.456 e. The van der Waals surface area contributed by atoms with Crippen molar-refractivity contribution in [2.24, 2.45) is 4.99 Å². The number of hydrogen-bond donors (Lipinski definition) is 1. The zero-order chi connectivity index (χ0) is 31.8. The van der Waals surface area contributed by atoms with E-state index >= 15 is 0 Å². The Bertz CT molecular complexity index is 1870. The van der Waals surface area contributed by atoms with Gasteiger partial charge in [0, 0.05) is 102 Å². The van der Waals surface area contributed by atoms with E-state index in [0.29, 0.717) is 13.1 Å². The van der Waals surface area contributed by atoms with Crippen molar-refractivity contribution in [3.63, 3.8) is 0 Å². The van der Waals surface area contributed by atoms with Crippen molar-refractivity contribution in [2.75, 3.05) is 49.1 Å². The quantitative estimate of drug-likeness (QED) is 0.164. The van der Waals surface area contributed by atoms with E-state index < -0.39 is 5.54 Å². The number of para-hydroxylation sites is 1. The highest BCUT2D eigenvalue weighted by Crippen LogP contribution is 2.58. The SMILES string of the molecule is CCN(CC)c1ccc2c(c1)Oc1cc(N(CC)CC)ccc1C21c2ccccc2C(=O)N1CCN=Cc1c[nH]c2ccccc12. The van der Waals surface area contributed by atoms with Crippen LogP contribution in [0.25, 0.3) is 10.9 Å². The molecule has 0 fully saturated rings. The van der Waals surface area contributed by atoms with Crippen LogP contribution in [0.2, 0.25) is 0 Å². The molecule has 1 N–H and O–H groups in total. The van der Waals surface area contributed by atoms with Crippen molar-refractivity contribution in [3.05, 3.63) is 119 Å². The first-order valence-electron chi connectivity index (χ1n) is 16.5. The predicted molar refractivity (Wildman–Crippen MR) is 188 cm³/mol. The van der Waals surface area contributed by atoms with Gasteiger partial charge in [-0.15, -0.1) is 0 Å². The highest BCUT2D eigenvalue weighted by atomic mass is 16.5. The lowest BCUT2D eigenvalue weighted by molar-refractivity contribution is 0.0673. The summed E-state index contributed by atoms with van der Waals surface area (Å²) in [7, 11) is 0. The van der Waals surface area contributed by atoms with Crippen LogP contribution < -0.4 is 14.5 Å². The Morgan fingerprint density at radius 3 is 2.04 bits per heavy atom. The number of carbonyl (C=O) groups is 1. The summed E-state index contributed by atoms with van der Waals surface area (Å²) in [6, 6.07) is 29.3. The second-order valence-electron chi connectivity index (χ2n) is 11.8. The lowest BCUT2D eigenvalue weighted by Gasteiger charge is -2.44. The summed E-state index contributed by atoms with van der Waals surface area (Å²) in [6.45, 7) is 13.2. The second-order valence-corrected chi connectivity index (χ2v) is 11.8. The van der Waals surface area contributed by atoms with Crippen LogP contribution in [0, 0.1) is 0 Å². The van der Waals surface area contributed by atoms with Gasteiger partial charge in [-0.25, -0.2) is 0 Å². The molecule has 4 aromatic carbocycles. The van der Waals surface area contributed by atoms with E-state index in [1.54, 1.807) is 0 Å². The first kappa shape index (κ1) is 29.7. The standard InChI is InChI=1S/C39H41N5O2/c1-5-42(6-2)28-17-19-33-36(23-28)46-37-24-29(43(7-3)8-4)18-20-34(37)39(33)32-15-11-9-14-31(32)38(45)44(39)22-21-40-25-27-26-41-35-16-12-10-13-30(27)35/h9-20,23-26,41H,5-8,21-22H2,1-4H3. The minimum atomic E-state index is -0.851. The van der Waals surface area contributed by atoms with Crippen LogP contribution in [0.15, 0.2) is 96.1 Å². The lowest BCUT2D eigenvalue weighted by atomic mass is 9.74. The summed E-state index contributed by atoms with van der Waals surface area (Å²) >= 11 is 0. The number of aromatic amines is 1. The summed E-state index contributed by atoms with van der Waals surface area (Å²) in [6.07, 6.45) is 3.90. The van der Waals surface area contributed by atoms with E-state index in [1.165, 1.54) is 0 Å². The normalized spacial score (nSPS) is 14.4. The molecular formula is C39H41N5O2. The highest BCUT2D eigenvalue weighted by molar-refractivity contribution is 6.02. The fraction of sp³-hybridized carbons (Fsp3) is 0.282. The Hall–Kier alpha value is -5.04. The number of aliphatic imine (C=N–C) groups is 1. The number of amides is 1. The van der Waals surface area contributed by atoms with E-state index in [0.717, 1.165) is 87.8 Å². The summed E-state index contributed by atoms with van der Waals surface area (Å²) in [5.74, 6) is 1.58. The molecule has 0 radical (unpaired) electrons. The van der Waals surface area contributed by atoms with Crippen molar-refractivity contribution >= 4 is 34.4 Å². The number of rotatable bonds is 10. The maximum Gasteiger partial charge on any atom is 0.255 e. The van der Waals surface area contributed by atoms with E-state index in [4.69, 9.17) is 9.73 Å². The van der Waals surface area contributed by atoms with Crippen molar-refractivity contribution in [1.82, 2.24) is 9.88 Å². The molecule has 7 rings (SSSR count). The molecule has 1 aromatic heterocycles. The molecule has 46 heavy (non-hydrogen) atoms. The Morgan fingerprint density at radius 1 is 0.783 bits per heavy atom. The van der Waals surface area contributed by atoms with E-state index in [-0.39, 0.29) is 5.91 Å². The third-order valence-electron chi connectivity index (χ3n) is 9.69. The number of carbonyl (C=O) groups excluding carboxylic acids is 1. The molecule has 7 nitrogen and oxygen atoms in total. The van der Waals surface area contributed by atoms with Gasteiger partial charge in [-0.05, 0) is 57.5 Å². The first-order chi connectivity index (χ1) is 22.5. The average Bonchev–Trinajstić information content (AvgIpc) is 3.61. The predicted octanol–water partition coefficient (Wildman–Crippen LogP) is 7.83. The first-order valence-corrected chi connectivity index (χ1v) is 16.5. The molecule has 0 saturated heterocycles. The third kappa shape index (κ3) is 4.56. The van der Waals surface area contributed by atoms with E-state index in [1.807, 2.05) is 47.6 Å². The van der Waals surface area contributed by atoms with Crippen LogP contribution >= 0.6 is 0 Å². The van der Waals surface area contributed by atoms with Gasteiger partial charge in [-0.1, -0.05) is 48.5 Å². The van der Waals surface area contributed by atoms with Gasteiger partial charge in [0.05, 0.1) is 6.54 Å². The van der Waals surface area contributed by atoms with Gasteiger partial charge in [0.2, 0.25) is 0 Å². The number of H-pyrrole nitrogens is 1.